The molecule has 0 bridgehead atoms. The molecule has 0 aliphatic heterocycles. The molecule has 1 rings (SSSR count). The van der Waals surface area contributed by atoms with Crippen molar-refractivity contribution in [3.05, 3.63) is 12.2 Å². The number of aliphatic hydroxyl groups is 1. The number of carbonyl (C=O) groups is 1. The minimum Gasteiger partial charge on any atom is -0.465 e. The Morgan fingerprint density at radius 2 is 2.40 bits per heavy atom. The van der Waals surface area contributed by atoms with E-state index in [1.807, 2.05) is 6.92 Å². The molecule has 3 heteroatoms. The van der Waals surface area contributed by atoms with Crippen LogP contribution in [-0.4, -0.2) is 24.3 Å². The van der Waals surface area contributed by atoms with Crippen molar-refractivity contribution in [2.45, 2.75) is 39.0 Å². The van der Waals surface area contributed by atoms with Gasteiger partial charge in [-0.1, -0.05) is 19.1 Å². The molecule has 1 unspecified atom stereocenters. The van der Waals surface area contributed by atoms with E-state index < -0.39 is 5.41 Å². The molecule has 0 radical (unpaired) electrons. The topological polar surface area (TPSA) is 46.5 Å². The van der Waals surface area contributed by atoms with Gasteiger partial charge in [0.15, 0.2) is 0 Å². The second-order valence-electron chi connectivity index (χ2n) is 4.35. The van der Waals surface area contributed by atoms with Gasteiger partial charge in [-0.15, -0.1) is 0 Å². The molecule has 0 aromatic carbocycles. The molecule has 0 spiro atoms. The van der Waals surface area contributed by atoms with Crippen LogP contribution in [0.1, 0.15) is 39.0 Å². The van der Waals surface area contributed by atoms with Crippen molar-refractivity contribution in [1.82, 2.24) is 0 Å². The van der Waals surface area contributed by atoms with Crippen LogP contribution in [0.4, 0.5) is 0 Å². The van der Waals surface area contributed by atoms with Crippen LogP contribution in [-0.2, 0) is 9.53 Å². The van der Waals surface area contributed by atoms with Gasteiger partial charge >= 0.3 is 5.97 Å². The van der Waals surface area contributed by atoms with Crippen LogP contribution in [0.3, 0.4) is 0 Å². The molecular weight excluding hydrogens is 192 g/mol. The average molecular weight is 212 g/mol. The molecule has 0 amide bonds. The zero-order valence-corrected chi connectivity index (χ0v) is 9.42. The van der Waals surface area contributed by atoms with Gasteiger partial charge in [0.2, 0.25) is 0 Å². The lowest BCUT2D eigenvalue weighted by Crippen LogP contribution is -2.39. The Labute approximate surface area is 91.1 Å². The second-order valence-corrected chi connectivity index (χ2v) is 4.35. The van der Waals surface area contributed by atoms with Crippen LogP contribution in [0.15, 0.2) is 12.2 Å². The molecule has 0 aromatic heterocycles. The maximum absolute atomic E-state index is 11.8. The lowest BCUT2D eigenvalue weighted by molar-refractivity contribution is -0.160. The van der Waals surface area contributed by atoms with Gasteiger partial charge in [-0.05, 0) is 32.1 Å². The summed E-state index contributed by atoms with van der Waals surface area (Å²) in [5.41, 5.74) is 0.341. The van der Waals surface area contributed by atoms with Gasteiger partial charge < -0.3 is 9.84 Å². The zero-order valence-electron chi connectivity index (χ0n) is 9.42. The van der Waals surface area contributed by atoms with E-state index >= 15 is 0 Å². The fraction of sp³-hybridized carbons (Fsp3) is 0.750. The zero-order chi connectivity index (χ0) is 11.3. The molecule has 1 saturated carbocycles. The number of esters is 1. The summed E-state index contributed by atoms with van der Waals surface area (Å²) in [5.74, 6) is -0.257. The van der Waals surface area contributed by atoms with Crippen molar-refractivity contribution in [3.8, 4) is 0 Å². The standard InChI is InChI=1S/C12H20O3/c1-3-7-15-11(14)12(9-13)6-4-5-10(2)8-12/h13H,2-9H2,1H3. The molecular formula is C12H20O3. The third-order valence-electron chi connectivity index (χ3n) is 2.95. The first-order valence-corrected chi connectivity index (χ1v) is 5.59. The van der Waals surface area contributed by atoms with Gasteiger partial charge in [0.1, 0.15) is 0 Å². The van der Waals surface area contributed by atoms with E-state index in [0.717, 1.165) is 24.8 Å². The van der Waals surface area contributed by atoms with Crippen LogP contribution >= 0.6 is 0 Å². The highest BCUT2D eigenvalue weighted by atomic mass is 16.5. The Morgan fingerprint density at radius 3 is 2.93 bits per heavy atom. The van der Waals surface area contributed by atoms with Crippen molar-refractivity contribution >= 4 is 5.97 Å². The van der Waals surface area contributed by atoms with E-state index in [0.29, 0.717) is 19.4 Å². The number of rotatable bonds is 4. The largest absolute Gasteiger partial charge is 0.465 e. The molecule has 15 heavy (non-hydrogen) atoms. The summed E-state index contributed by atoms with van der Waals surface area (Å²) in [6.45, 7) is 6.17. The van der Waals surface area contributed by atoms with Crippen LogP contribution < -0.4 is 0 Å². The molecule has 86 valence electrons. The van der Waals surface area contributed by atoms with E-state index in [1.165, 1.54) is 0 Å². The first-order valence-electron chi connectivity index (χ1n) is 5.59. The SMILES string of the molecule is C=C1CCCC(CO)(C(=O)OCCC)C1. The van der Waals surface area contributed by atoms with Crippen molar-refractivity contribution in [2.75, 3.05) is 13.2 Å². The van der Waals surface area contributed by atoms with E-state index in [2.05, 4.69) is 6.58 Å². The van der Waals surface area contributed by atoms with Gasteiger partial charge in [-0.25, -0.2) is 0 Å². The number of allylic oxidation sites excluding steroid dienone is 1. The van der Waals surface area contributed by atoms with Crippen molar-refractivity contribution in [3.63, 3.8) is 0 Å². The molecule has 0 saturated heterocycles. The smallest absolute Gasteiger partial charge is 0.314 e. The van der Waals surface area contributed by atoms with Gasteiger partial charge in [-0.3, -0.25) is 4.79 Å². The number of hydrogen-bond acceptors (Lipinski definition) is 3. The van der Waals surface area contributed by atoms with E-state index in [1.54, 1.807) is 0 Å². The summed E-state index contributed by atoms with van der Waals surface area (Å²) in [7, 11) is 0. The Bertz CT molecular complexity index is 247. The average Bonchev–Trinajstić information content (AvgIpc) is 2.25. The molecule has 1 aliphatic rings. The number of aliphatic hydroxyl groups excluding tert-OH is 1. The van der Waals surface area contributed by atoms with Crippen LogP contribution in [0, 0.1) is 5.41 Å². The van der Waals surface area contributed by atoms with Gasteiger partial charge in [-0.2, -0.15) is 0 Å². The van der Waals surface area contributed by atoms with E-state index in [4.69, 9.17) is 4.74 Å². The first kappa shape index (κ1) is 12.2. The number of carbonyl (C=O) groups excluding carboxylic acids is 1. The van der Waals surface area contributed by atoms with Gasteiger partial charge in [0, 0.05) is 0 Å². The summed E-state index contributed by atoms with van der Waals surface area (Å²) in [5, 5.41) is 9.39. The Morgan fingerprint density at radius 1 is 1.67 bits per heavy atom. The highest BCUT2D eigenvalue weighted by Gasteiger charge is 2.41. The maximum atomic E-state index is 11.8. The predicted octanol–water partition coefficient (Wildman–Crippen LogP) is 2.05. The monoisotopic (exact) mass is 212 g/mol. The summed E-state index contributed by atoms with van der Waals surface area (Å²) < 4.78 is 5.13. The minimum atomic E-state index is -0.704. The Hall–Kier alpha value is -0.830. The fourth-order valence-electron chi connectivity index (χ4n) is 2.05. The van der Waals surface area contributed by atoms with Crippen molar-refractivity contribution in [2.24, 2.45) is 5.41 Å². The first-order chi connectivity index (χ1) is 7.14. The molecule has 0 heterocycles. The third kappa shape index (κ3) is 2.81. The highest BCUT2D eigenvalue weighted by Crippen LogP contribution is 2.39. The number of ether oxygens (including phenoxy) is 1. The second kappa shape index (κ2) is 5.31. The maximum Gasteiger partial charge on any atom is 0.314 e. The molecule has 3 nitrogen and oxygen atoms in total. The molecule has 1 N–H and O–H groups in total. The molecule has 1 fully saturated rings. The predicted molar refractivity (Wildman–Crippen MR) is 58.4 cm³/mol. The third-order valence-corrected chi connectivity index (χ3v) is 2.95. The van der Waals surface area contributed by atoms with Crippen LogP contribution in [0.5, 0.6) is 0 Å². The summed E-state index contributed by atoms with van der Waals surface area (Å²) >= 11 is 0. The highest BCUT2D eigenvalue weighted by molar-refractivity contribution is 5.77. The number of hydrogen-bond donors (Lipinski definition) is 1. The molecule has 1 aliphatic carbocycles. The summed E-state index contributed by atoms with van der Waals surface area (Å²) in [6, 6.07) is 0. The van der Waals surface area contributed by atoms with E-state index in [9.17, 15) is 9.90 Å². The van der Waals surface area contributed by atoms with Crippen molar-refractivity contribution in [1.29, 1.82) is 0 Å². The normalized spacial score (nSPS) is 26.4. The molecule has 1 atom stereocenters. The van der Waals surface area contributed by atoms with E-state index in [-0.39, 0.29) is 12.6 Å². The minimum absolute atomic E-state index is 0.130. The van der Waals surface area contributed by atoms with Crippen LogP contribution in [0.2, 0.25) is 0 Å². The lowest BCUT2D eigenvalue weighted by atomic mass is 9.73. The van der Waals surface area contributed by atoms with Gasteiger partial charge in [0.25, 0.3) is 0 Å². The quantitative estimate of drug-likeness (QED) is 0.573. The van der Waals surface area contributed by atoms with Crippen molar-refractivity contribution < 1.29 is 14.6 Å². The van der Waals surface area contributed by atoms with Gasteiger partial charge in [0.05, 0.1) is 18.6 Å². The van der Waals surface area contributed by atoms with Crippen LogP contribution in [0.25, 0.3) is 0 Å². The summed E-state index contributed by atoms with van der Waals surface area (Å²) in [4.78, 5) is 11.8. The fourth-order valence-corrected chi connectivity index (χ4v) is 2.05. The lowest BCUT2D eigenvalue weighted by Gasteiger charge is -2.34. The Balaban J connectivity index is 2.65. The summed E-state index contributed by atoms with van der Waals surface area (Å²) in [6.07, 6.45) is 3.98. The Kier molecular flexibility index (Phi) is 4.33. The molecule has 0 aromatic rings.